The fourth-order valence-electron chi connectivity index (χ4n) is 2.12. The molecule has 1 heterocycles. The van der Waals surface area contributed by atoms with Crippen LogP contribution in [0.5, 0.6) is 0 Å². The number of hydrogen-bond acceptors (Lipinski definition) is 3. The molecule has 19 heavy (non-hydrogen) atoms. The van der Waals surface area contributed by atoms with E-state index < -0.39 is 0 Å². The summed E-state index contributed by atoms with van der Waals surface area (Å²) < 4.78 is 12.2. The Morgan fingerprint density at radius 2 is 2.16 bits per heavy atom. The van der Waals surface area contributed by atoms with Gasteiger partial charge >= 0.3 is 0 Å². The fraction of sp³-hybridized carbons (Fsp3) is 0.600. The average molecular weight is 328 g/mol. The van der Waals surface area contributed by atoms with Gasteiger partial charge in [0.15, 0.2) is 0 Å². The Morgan fingerprint density at radius 3 is 2.89 bits per heavy atom. The second-order valence-corrected chi connectivity index (χ2v) is 5.78. The van der Waals surface area contributed by atoms with Gasteiger partial charge < -0.3 is 14.8 Å². The lowest BCUT2D eigenvalue weighted by Crippen LogP contribution is -2.18. The first-order valence-electron chi connectivity index (χ1n) is 6.99. The van der Waals surface area contributed by atoms with E-state index in [0.29, 0.717) is 6.10 Å². The van der Waals surface area contributed by atoms with Crippen LogP contribution in [0.1, 0.15) is 24.8 Å². The standard InChI is InChI=1S/C15H22BrNO2/c16-14-6-4-13(5-7-14)11-17-8-2-9-18-12-15-3-1-10-19-15/h4-7,15,17H,1-3,8-12H2. The minimum atomic E-state index is 0.343. The van der Waals surface area contributed by atoms with Crippen LogP contribution in [0.15, 0.2) is 28.7 Å². The van der Waals surface area contributed by atoms with Crippen molar-refractivity contribution in [3.8, 4) is 0 Å². The molecule has 0 saturated carbocycles. The summed E-state index contributed by atoms with van der Waals surface area (Å²) in [6.45, 7) is 4.38. The number of ether oxygens (including phenoxy) is 2. The molecule has 1 aromatic rings. The number of nitrogens with one attached hydrogen (secondary N) is 1. The molecular weight excluding hydrogens is 306 g/mol. The third-order valence-electron chi connectivity index (χ3n) is 3.21. The summed E-state index contributed by atoms with van der Waals surface area (Å²) >= 11 is 3.44. The number of halogens is 1. The lowest BCUT2D eigenvalue weighted by Gasteiger charge is -2.10. The molecule has 1 aromatic carbocycles. The largest absolute Gasteiger partial charge is 0.379 e. The SMILES string of the molecule is Brc1ccc(CNCCCOCC2CCCO2)cc1. The molecule has 0 aromatic heterocycles. The van der Waals surface area contributed by atoms with Crippen molar-refractivity contribution in [1.29, 1.82) is 0 Å². The van der Waals surface area contributed by atoms with Crippen LogP contribution in [0, 0.1) is 0 Å². The van der Waals surface area contributed by atoms with E-state index in [2.05, 4.69) is 45.5 Å². The molecule has 1 saturated heterocycles. The smallest absolute Gasteiger partial charge is 0.0809 e. The van der Waals surface area contributed by atoms with Crippen molar-refractivity contribution in [3.63, 3.8) is 0 Å². The number of rotatable bonds is 8. The number of hydrogen-bond donors (Lipinski definition) is 1. The molecule has 0 aliphatic carbocycles. The van der Waals surface area contributed by atoms with Gasteiger partial charge in [-0.25, -0.2) is 0 Å². The molecule has 1 atom stereocenters. The minimum absolute atomic E-state index is 0.343. The summed E-state index contributed by atoms with van der Waals surface area (Å²) in [6, 6.07) is 8.40. The second-order valence-electron chi connectivity index (χ2n) is 4.87. The van der Waals surface area contributed by atoms with Crippen molar-refractivity contribution >= 4 is 15.9 Å². The van der Waals surface area contributed by atoms with Crippen molar-refractivity contribution in [2.24, 2.45) is 0 Å². The molecule has 0 radical (unpaired) electrons. The van der Waals surface area contributed by atoms with Gasteiger partial charge in [-0.3, -0.25) is 0 Å². The quantitative estimate of drug-likeness (QED) is 0.744. The van der Waals surface area contributed by atoms with Crippen LogP contribution in [-0.2, 0) is 16.0 Å². The lowest BCUT2D eigenvalue weighted by atomic mass is 10.2. The van der Waals surface area contributed by atoms with Crippen molar-refractivity contribution in [2.75, 3.05) is 26.4 Å². The van der Waals surface area contributed by atoms with Crippen LogP contribution >= 0.6 is 15.9 Å². The predicted octanol–water partition coefficient (Wildman–Crippen LogP) is 3.12. The molecule has 4 heteroatoms. The molecule has 1 N–H and O–H groups in total. The molecule has 0 bridgehead atoms. The van der Waals surface area contributed by atoms with E-state index in [0.717, 1.165) is 50.2 Å². The first-order valence-corrected chi connectivity index (χ1v) is 7.78. The molecule has 3 nitrogen and oxygen atoms in total. The maximum Gasteiger partial charge on any atom is 0.0809 e. The Hall–Kier alpha value is -0.420. The van der Waals surface area contributed by atoms with Crippen LogP contribution < -0.4 is 5.32 Å². The van der Waals surface area contributed by atoms with Gasteiger partial charge in [-0.1, -0.05) is 28.1 Å². The normalized spacial score (nSPS) is 18.9. The molecule has 1 aliphatic heterocycles. The maximum atomic E-state index is 5.61. The molecule has 106 valence electrons. The summed E-state index contributed by atoms with van der Waals surface area (Å²) in [5.41, 5.74) is 1.31. The monoisotopic (exact) mass is 327 g/mol. The van der Waals surface area contributed by atoms with Crippen molar-refractivity contribution in [3.05, 3.63) is 34.3 Å². The van der Waals surface area contributed by atoms with Gasteiger partial charge in [-0.2, -0.15) is 0 Å². The summed E-state index contributed by atoms with van der Waals surface area (Å²) in [5.74, 6) is 0. The summed E-state index contributed by atoms with van der Waals surface area (Å²) in [5, 5.41) is 3.42. The van der Waals surface area contributed by atoms with Gasteiger partial charge in [0.1, 0.15) is 0 Å². The van der Waals surface area contributed by atoms with E-state index in [1.54, 1.807) is 0 Å². The Morgan fingerprint density at radius 1 is 1.32 bits per heavy atom. The first kappa shape index (κ1) is 15.0. The Balaban J connectivity index is 1.44. The predicted molar refractivity (Wildman–Crippen MR) is 80.3 cm³/mol. The van der Waals surface area contributed by atoms with Crippen LogP contribution in [0.4, 0.5) is 0 Å². The highest BCUT2D eigenvalue weighted by Crippen LogP contribution is 2.12. The van der Waals surface area contributed by atoms with Gasteiger partial charge in [0.25, 0.3) is 0 Å². The Labute approximate surface area is 123 Å². The third-order valence-corrected chi connectivity index (χ3v) is 3.74. The van der Waals surface area contributed by atoms with Gasteiger partial charge in [-0.15, -0.1) is 0 Å². The van der Waals surface area contributed by atoms with Gasteiger partial charge in [0.05, 0.1) is 12.7 Å². The average Bonchev–Trinajstić information content (AvgIpc) is 2.93. The van der Waals surface area contributed by atoms with Crippen LogP contribution in [0.3, 0.4) is 0 Å². The highest BCUT2D eigenvalue weighted by molar-refractivity contribution is 9.10. The van der Waals surface area contributed by atoms with E-state index in [4.69, 9.17) is 9.47 Å². The topological polar surface area (TPSA) is 30.5 Å². The van der Waals surface area contributed by atoms with Crippen molar-refractivity contribution < 1.29 is 9.47 Å². The zero-order valence-corrected chi connectivity index (χ0v) is 12.8. The molecule has 2 rings (SSSR count). The van der Waals surface area contributed by atoms with Crippen molar-refractivity contribution in [2.45, 2.75) is 31.9 Å². The summed E-state index contributed by atoms with van der Waals surface area (Å²) in [7, 11) is 0. The highest BCUT2D eigenvalue weighted by Gasteiger charge is 2.14. The van der Waals surface area contributed by atoms with E-state index in [-0.39, 0.29) is 0 Å². The van der Waals surface area contributed by atoms with Gasteiger partial charge in [0, 0.05) is 24.2 Å². The molecule has 1 fully saturated rings. The van der Waals surface area contributed by atoms with E-state index in [1.807, 2.05) is 0 Å². The highest BCUT2D eigenvalue weighted by atomic mass is 79.9. The van der Waals surface area contributed by atoms with E-state index in [9.17, 15) is 0 Å². The minimum Gasteiger partial charge on any atom is -0.379 e. The molecule has 0 amide bonds. The third kappa shape index (κ3) is 6.04. The van der Waals surface area contributed by atoms with Crippen molar-refractivity contribution in [1.82, 2.24) is 5.32 Å². The molecule has 1 unspecified atom stereocenters. The summed E-state index contributed by atoms with van der Waals surface area (Å²) in [4.78, 5) is 0. The van der Waals surface area contributed by atoms with Gasteiger partial charge in [-0.05, 0) is 43.5 Å². The van der Waals surface area contributed by atoms with E-state index >= 15 is 0 Å². The Kier molecular flexibility index (Phi) is 6.85. The Bertz CT molecular complexity index is 350. The molecule has 1 aliphatic rings. The molecular formula is C15H22BrNO2. The van der Waals surface area contributed by atoms with Crippen LogP contribution in [0.2, 0.25) is 0 Å². The fourth-order valence-corrected chi connectivity index (χ4v) is 2.39. The lowest BCUT2D eigenvalue weighted by molar-refractivity contribution is 0.0166. The molecule has 0 spiro atoms. The van der Waals surface area contributed by atoms with Crippen LogP contribution in [-0.4, -0.2) is 32.5 Å². The summed E-state index contributed by atoms with van der Waals surface area (Å²) in [6.07, 6.45) is 3.73. The van der Waals surface area contributed by atoms with Crippen LogP contribution in [0.25, 0.3) is 0 Å². The van der Waals surface area contributed by atoms with E-state index in [1.165, 1.54) is 12.0 Å². The first-order chi connectivity index (χ1) is 9.34. The zero-order valence-electron chi connectivity index (χ0n) is 11.2. The number of benzene rings is 1. The van der Waals surface area contributed by atoms with Gasteiger partial charge in [0.2, 0.25) is 0 Å². The second kappa shape index (κ2) is 8.69. The maximum absolute atomic E-state index is 5.61. The zero-order chi connectivity index (χ0) is 13.3.